The third kappa shape index (κ3) is 4.87. The van der Waals surface area contributed by atoms with Gasteiger partial charge in [-0.2, -0.15) is 5.26 Å². The molecule has 0 saturated heterocycles. The number of nitrogens with one attached hydrogen (secondary N) is 2. The molecule has 1 aromatic heterocycles. The lowest BCUT2D eigenvalue weighted by molar-refractivity contribution is -0.116. The summed E-state index contributed by atoms with van der Waals surface area (Å²) < 4.78 is 4.53. The van der Waals surface area contributed by atoms with Gasteiger partial charge in [0.2, 0.25) is 0 Å². The number of hydrogen-bond donors (Lipinski definition) is 2. The first-order chi connectivity index (χ1) is 9.17. The Hall–Kier alpha value is -2.88. The number of aromatic nitrogens is 1. The minimum absolute atomic E-state index is 0.138. The van der Waals surface area contributed by atoms with E-state index >= 15 is 0 Å². The zero-order chi connectivity index (χ0) is 14.1. The van der Waals surface area contributed by atoms with E-state index in [1.165, 1.54) is 12.4 Å². The van der Waals surface area contributed by atoms with Crippen molar-refractivity contribution in [3.05, 3.63) is 36.3 Å². The highest BCUT2D eigenvalue weighted by Crippen LogP contribution is 2.03. The van der Waals surface area contributed by atoms with Crippen LogP contribution in [0, 0.1) is 11.3 Å². The summed E-state index contributed by atoms with van der Waals surface area (Å²) in [5, 5.41) is 13.5. The van der Waals surface area contributed by atoms with E-state index in [4.69, 9.17) is 5.26 Å². The van der Waals surface area contributed by atoms with Crippen molar-refractivity contribution in [2.75, 3.05) is 11.9 Å². The lowest BCUT2D eigenvalue weighted by Crippen LogP contribution is -2.32. The molecule has 1 rings (SSSR count). The van der Waals surface area contributed by atoms with Crippen LogP contribution in [0.4, 0.5) is 10.5 Å². The fraction of sp³-hybridized carbons (Fsp3) is 0.167. The Kier molecular flexibility index (Phi) is 5.56. The minimum Gasteiger partial charge on any atom is -0.450 e. The molecule has 0 aliphatic carbocycles. The van der Waals surface area contributed by atoms with Crippen molar-refractivity contribution in [3.63, 3.8) is 0 Å². The highest BCUT2D eigenvalue weighted by Gasteiger charge is 2.13. The topological polar surface area (TPSA) is 104 Å². The van der Waals surface area contributed by atoms with Gasteiger partial charge in [0, 0.05) is 12.4 Å². The van der Waals surface area contributed by atoms with Gasteiger partial charge in [-0.25, -0.2) is 4.79 Å². The summed E-state index contributed by atoms with van der Waals surface area (Å²) >= 11 is 0. The second-order valence-electron chi connectivity index (χ2n) is 3.23. The summed E-state index contributed by atoms with van der Waals surface area (Å²) in [6.45, 7) is 1.74. The van der Waals surface area contributed by atoms with Crippen molar-refractivity contribution in [1.82, 2.24) is 10.3 Å². The van der Waals surface area contributed by atoms with Gasteiger partial charge < -0.3 is 10.1 Å². The maximum absolute atomic E-state index is 11.5. The number of carbonyl (C=O) groups is 2. The molecule has 0 unspecified atom stereocenters. The Morgan fingerprint density at radius 1 is 1.58 bits per heavy atom. The highest BCUT2D eigenvalue weighted by atomic mass is 16.5. The molecule has 2 N–H and O–H groups in total. The first-order valence-corrected chi connectivity index (χ1v) is 5.42. The number of alkyl carbamates (subject to hydrolysis) is 1. The Morgan fingerprint density at radius 2 is 2.37 bits per heavy atom. The van der Waals surface area contributed by atoms with Crippen molar-refractivity contribution in [1.29, 1.82) is 5.26 Å². The fourth-order valence-corrected chi connectivity index (χ4v) is 1.08. The Bertz CT molecular complexity index is 520. The quantitative estimate of drug-likeness (QED) is 0.622. The second kappa shape index (κ2) is 7.45. The van der Waals surface area contributed by atoms with Crippen LogP contribution < -0.4 is 10.6 Å². The van der Waals surface area contributed by atoms with E-state index in [1.54, 1.807) is 31.3 Å². The van der Waals surface area contributed by atoms with Gasteiger partial charge in [-0.15, -0.1) is 0 Å². The van der Waals surface area contributed by atoms with E-state index in [0.717, 1.165) is 0 Å². The molecule has 0 aliphatic rings. The predicted octanol–water partition coefficient (Wildman–Crippen LogP) is 1.17. The predicted molar refractivity (Wildman–Crippen MR) is 66.7 cm³/mol. The molecular weight excluding hydrogens is 248 g/mol. The van der Waals surface area contributed by atoms with E-state index < -0.39 is 12.0 Å². The average Bonchev–Trinajstić information content (AvgIpc) is 2.40. The van der Waals surface area contributed by atoms with Crippen molar-refractivity contribution < 1.29 is 14.3 Å². The summed E-state index contributed by atoms with van der Waals surface area (Å²) in [7, 11) is 0. The van der Waals surface area contributed by atoms with Crippen LogP contribution in [0.3, 0.4) is 0 Å². The second-order valence-corrected chi connectivity index (χ2v) is 3.23. The van der Waals surface area contributed by atoms with Crippen molar-refractivity contribution in [2.24, 2.45) is 0 Å². The molecule has 0 saturated carbocycles. The van der Waals surface area contributed by atoms with Gasteiger partial charge in [-0.3, -0.25) is 15.1 Å². The van der Waals surface area contributed by atoms with Crippen LogP contribution in [0.25, 0.3) is 0 Å². The largest absolute Gasteiger partial charge is 0.450 e. The summed E-state index contributed by atoms with van der Waals surface area (Å²) in [4.78, 5) is 26.4. The van der Waals surface area contributed by atoms with E-state index in [1.807, 2.05) is 5.32 Å². The molecule has 2 amide bonds. The van der Waals surface area contributed by atoms with Crippen molar-refractivity contribution >= 4 is 17.7 Å². The third-order valence-electron chi connectivity index (χ3n) is 1.90. The molecule has 0 radical (unpaired) electrons. The van der Waals surface area contributed by atoms with E-state index in [2.05, 4.69) is 15.0 Å². The van der Waals surface area contributed by atoms with Crippen LogP contribution in [0.15, 0.2) is 36.3 Å². The molecule has 0 aliphatic heterocycles. The van der Waals surface area contributed by atoms with Crippen LogP contribution in [0.1, 0.15) is 6.92 Å². The van der Waals surface area contributed by atoms with Gasteiger partial charge in [0.1, 0.15) is 11.6 Å². The number of nitrogens with zero attached hydrogens (tertiary/aromatic N) is 2. The Labute approximate surface area is 109 Å². The minimum atomic E-state index is -0.893. The van der Waals surface area contributed by atoms with Crippen LogP contribution in [-0.4, -0.2) is 23.6 Å². The zero-order valence-electron chi connectivity index (χ0n) is 10.2. The monoisotopic (exact) mass is 260 g/mol. The number of imide groups is 1. The Balaban J connectivity index is 2.65. The van der Waals surface area contributed by atoms with Gasteiger partial charge in [0.05, 0.1) is 18.5 Å². The van der Waals surface area contributed by atoms with Gasteiger partial charge in [0.25, 0.3) is 5.91 Å². The van der Waals surface area contributed by atoms with Crippen molar-refractivity contribution in [2.45, 2.75) is 6.92 Å². The molecule has 98 valence electrons. The van der Waals surface area contributed by atoms with E-state index in [-0.39, 0.29) is 12.2 Å². The molecule has 0 bridgehead atoms. The van der Waals surface area contributed by atoms with Crippen molar-refractivity contribution in [3.8, 4) is 6.07 Å². The number of carbonyl (C=O) groups excluding carboxylic acids is 2. The molecule has 1 aromatic rings. The van der Waals surface area contributed by atoms with Crippen LogP contribution in [0.5, 0.6) is 0 Å². The molecule has 7 nitrogen and oxygen atoms in total. The first kappa shape index (κ1) is 14.2. The molecule has 0 aromatic carbocycles. The molecular formula is C12H12N4O3. The van der Waals surface area contributed by atoms with Crippen LogP contribution in [0.2, 0.25) is 0 Å². The molecule has 1 heterocycles. The molecule has 0 atom stereocenters. The number of hydrogen-bond acceptors (Lipinski definition) is 6. The lowest BCUT2D eigenvalue weighted by Gasteiger charge is -2.03. The SMILES string of the molecule is CCOC(=O)NC(=O)/C(C#N)=C\Nc1cccnc1. The maximum atomic E-state index is 11.5. The van der Waals surface area contributed by atoms with E-state index in [9.17, 15) is 9.59 Å². The van der Waals surface area contributed by atoms with Gasteiger partial charge in [-0.05, 0) is 19.1 Å². The summed E-state index contributed by atoms with van der Waals surface area (Å²) in [6, 6.07) is 5.08. The maximum Gasteiger partial charge on any atom is 0.414 e. The smallest absolute Gasteiger partial charge is 0.414 e. The molecule has 7 heteroatoms. The number of amides is 2. The molecule has 19 heavy (non-hydrogen) atoms. The summed E-state index contributed by atoms with van der Waals surface area (Å²) in [5.41, 5.74) is 0.357. The fourth-order valence-electron chi connectivity index (χ4n) is 1.08. The van der Waals surface area contributed by atoms with Crippen LogP contribution in [-0.2, 0) is 9.53 Å². The lowest BCUT2D eigenvalue weighted by atomic mass is 10.3. The molecule has 0 fully saturated rings. The zero-order valence-corrected chi connectivity index (χ0v) is 10.2. The highest BCUT2D eigenvalue weighted by molar-refractivity contribution is 6.05. The van der Waals surface area contributed by atoms with Gasteiger partial charge in [0.15, 0.2) is 0 Å². The summed E-state index contributed by atoms with van der Waals surface area (Å²) in [6.07, 6.45) is 3.41. The summed E-state index contributed by atoms with van der Waals surface area (Å²) in [5.74, 6) is -0.836. The van der Waals surface area contributed by atoms with Crippen LogP contribution >= 0.6 is 0 Å². The number of nitriles is 1. The number of pyridine rings is 1. The normalized spacial score (nSPS) is 10.2. The number of rotatable bonds is 4. The average molecular weight is 260 g/mol. The van der Waals surface area contributed by atoms with Gasteiger partial charge >= 0.3 is 6.09 Å². The first-order valence-electron chi connectivity index (χ1n) is 5.42. The Morgan fingerprint density at radius 3 is 2.95 bits per heavy atom. The van der Waals surface area contributed by atoms with E-state index in [0.29, 0.717) is 5.69 Å². The molecule has 0 spiro atoms. The number of ether oxygens (including phenoxy) is 1. The third-order valence-corrected chi connectivity index (χ3v) is 1.90. The standard InChI is InChI=1S/C12H12N4O3/c1-2-19-12(18)16-11(17)9(6-13)7-15-10-4-3-5-14-8-10/h3-5,7-8,15H,2H2,1H3,(H,16,17,18)/b9-7-. The number of anilines is 1. The van der Waals surface area contributed by atoms with Gasteiger partial charge in [-0.1, -0.05) is 0 Å².